The Bertz CT molecular complexity index is 1040. The normalized spacial score (nSPS) is 11.5. The maximum absolute atomic E-state index is 12.8. The summed E-state index contributed by atoms with van der Waals surface area (Å²) in [5.74, 6) is -0.660. The first-order valence-corrected chi connectivity index (χ1v) is 8.32. The van der Waals surface area contributed by atoms with Crippen LogP contribution in [0.2, 0.25) is 0 Å². The van der Waals surface area contributed by atoms with E-state index >= 15 is 0 Å². The van der Waals surface area contributed by atoms with Crippen LogP contribution in [0.5, 0.6) is 0 Å². The summed E-state index contributed by atoms with van der Waals surface area (Å²) in [6.45, 7) is 1.87. The number of H-pyrrole nitrogens is 1. The molecule has 2 aromatic carbocycles. The lowest BCUT2D eigenvalue weighted by atomic mass is 10.1. The molecule has 146 valence electrons. The summed E-state index contributed by atoms with van der Waals surface area (Å²) >= 11 is 0. The largest absolute Gasteiger partial charge is 0.416 e. The van der Waals surface area contributed by atoms with Crippen molar-refractivity contribution >= 4 is 28.8 Å². The highest BCUT2D eigenvalue weighted by molar-refractivity contribution is 6.04. The Balaban J connectivity index is 1.79. The molecule has 0 fully saturated rings. The van der Waals surface area contributed by atoms with E-state index < -0.39 is 17.6 Å². The van der Waals surface area contributed by atoms with E-state index in [2.05, 4.69) is 15.3 Å². The second-order valence-corrected chi connectivity index (χ2v) is 6.34. The first kappa shape index (κ1) is 19.4. The third kappa shape index (κ3) is 4.30. The lowest BCUT2D eigenvalue weighted by Gasteiger charge is -2.14. The Morgan fingerprint density at radius 1 is 1.18 bits per heavy atom. The molecule has 0 saturated heterocycles. The van der Waals surface area contributed by atoms with Crippen LogP contribution in [-0.4, -0.2) is 33.7 Å². The summed E-state index contributed by atoms with van der Waals surface area (Å²) in [5, 5.41) is 2.47. The predicted molar refractivity (Wildman–Crippen MR) is 97.6 cm³/mol. The van der Waals surface area contributed by atoms with Gasteiger partial charge in [-0.1, -0.05) is 12.1 Å². The molecule has 0 aliphatic heterocycles. The van der Waals surface area contributed by atoms with Crippen molar-refractivity contribution < 1.29 is 22.8 Å². The van der Waals surface area contributed by atoms with Gasteiger partial charge in [-0.05, 0) is 35.9 Å². The number of rotatable bonds is 4. The molecule has 1 heterocycles. The molecule has 2 N–H and O–H groups in total. The van der Waals surface area contributed by atoms with Crippen LogP contribution in [-0.2, 0) is 17.5 Å². The molecule has 1 aromatic heterocycles. The van der Waals surface area contributed by atoms with E-state index in [1.165, 1.54) is 19.1 Å². The molecule has 0 aliphatic rings. The number of anilines is 1. The van der Waals surface area contributed by atoms with E-state index in [0.717, 1.165) is 17.7 Å². The van der Waals surface area contributed by atoms with E-state index in [1.807, 2.05) is 6.07 Å². The lowest BCUT2D eigenvalue weighted by molar-refractivity contribution is -0.137. The number of hydrogen-bond acceptors (Lipinski definition) is 3. The Kier molecular flexibility index (Phi) is 5.08. The van der Waals surface area contributed by atoms with Crippen molar-refractivity contribution in [1.29, 1.82) is 0 Å². The molecule has 0 atom stereocenters. The van der Waals surface area contributed by atoms with Gasteiger partial charge in [0.05, 0.1) is 16.6 Å². The number of halogens is 3. The molecule has 3 aromatic rings. The molecule has 9 heteroatoms. The Morgan fingerprint density at radius 2 is 1.93 bits per heavy atom. The van der Waals surface area contributed by atoms with Gasteiger partial charge in [0.1, 0.15) is 0 Å². The zero-order valence-corrected chi connectivity index (χ0v) is 15.1. The van der Waals surface area contributed by atoms with Crippen LogP contribution in [0.4, 0.5) is 19.1 Å². The van der Waals surface area contributed by atoms with Crippen molar-refractivity contribution in [2.45, 2.75) is 19.6 Å². The number of imidazole rings is 1. The van der Waals surface area contributed by atoms with Gasteiger partial charge in [-0.2, -0.15) is 13.2 Å². The summed E-state index contributed by atoms with van der Waals surface area (Å²) in [4.78, 5) is 32.3. The first-order chi connectivity index (χ1) is 13.1. The monoisotopic (exact) mass is 390 g/mol. The van der Waals surface area contributed by atoms with Crippen molar-refractivity contribution in [2.75, 3.05) is 12.4 Å². The molecule has 0 saturated carbocycles. The average Bonchev–Trinajstić information content (AvgIpc) is 3.02. The third-order valence-corrected chi connectivity index (χ3v) is 4.19. The number of benzene rings is 2. The van der Waals surface area contributed by atoms with Gasteiger partial charge in [0, 0.05) is 26.1 Å². The highest BCUT2D eigenvalue weighted by Gasteiger charge is 2.30. The number of carbonyl (C=O) groups excluding carboxylic acids is 2. The minimum absolute atomic E-state index is 0.0730. The van der Waals surface area contributed by atoms with Crippen LogP contribution in [0, 0.1) is 0 Å². The topological polar surface area (TPSA) is 78.1 Å². The Hall–Kier alpha value is -3.36. The smallest absolute Gasteiger partial charge is 0.342 e. The number of fused-ring (bicyclic) bond motifs is 1. The van der Waals surface area contributed by atoms with E-state index in [0.29, 0.717) is 17.6 Å². The summed E-state index contributed by atoms with van der Waals surface area (Å²) in [5.41, 5.74) is 1.04. The minimum atomic E-state index is -4.53. The van der Waals surface area contributed by atoms with Crippen molar-refractivity contribution in [1.82, 2.24) is 14.9 Å². The fraction of sp³-hybridized carbons (Fsp3) is 0.211. The summed E-state index contributed by atoms with van der Waals surface area (Å²) in [6.07, 6.45) is -4.53. The molecular weight excluding hydrogens is 373 g/mol. The van der Waals surface area contributed by atoms with Gasteiger partial charge >= 0.3 is 6.18 Å². The highest BCUT2D eigenvalue weighted by Crippen LogP contribution is 2.29. The molecule has 28 heavy (non-hydrogen) atoms. The van der Waals surface area contributed by atoms with Crippen LogP contribution < -0.4 is 5.32 Å². The van der Waals surface area contributed by atoms with Crippen molar-refractivity contribution in [3.63, 3.8) is 0 Å². The Labute approximate surface area is 158 Å². The van der Waals surface area contributed by atoms with Crippen molar-refractivity contribution in [2.24, 2.45) is 0 Å². The van der Waals surface area contributed by atoms with Gasteiger partial charge < -0.3 is 9.88 Å². The quantitative estimate of drug-likeness (QED) is 0.711. The fourth-order valence-corrected chi connectivity index (χ4v) is 2.61. The zero-order valence-electron chi connectivity index (χ0n) is 15.1. The average molecular weight is 390 g/mol. The maximum Gasteiger partial charge on any atom is 0.416 e. The van der Waals surface area contributed by atoms with Crippen molar-refractivity contribution in [3.05, 3.63) is 59.2 Å². The molecule has 2 amide bonds. The third-order valence-electron chi connectivity index (χ3n) is 4.19. The van der Waals surface area contributed by atoms with Gasteiger partial charge in [-0.15, -0.1) is 0 Å². The molecule has 0 radical (unpaired) electrons. The molecule has 0 bridgehead atoms. The second-order valence-electron chi connectivity index (χ2n) is 6.34. The summed E-state index contributed by atoms with van der Waals surface area (Å²) in [6, 6.07) is 9.50. The SMILES string of the molecule is CC(=O)N(C)Cc1ccc2[nH]c(NC(=O)c3cccc(C(F)(F)F)c3)nc2c1. The maximum atomic E-state index is 12.8. The molecule has 0 unspecified atom stereocenters. The first-order valence-electron chi connectivity index (χ1n) is 8.32. The number of carbonyl (C=O) groups is 2. The number of aromatic nitrogens is 2. The van der Waals surface area contributed by atoms with Gasteiger partial charge in [-0.25, -0.2) is 4.98 Å². The number of nitrogens with zero attached hydrogens (tertiary/aromatic N) is 2. The van der Waals surface area contributed by atoms with Gasteiger partial charge in [0.2, 0.25) is 11.9 Å². The molecule has 6 nitrogen and oxygen atoms in total. The van der Waals surface area contributed by atoms with Crippen LogP contribution in [0.1, 0.15) is 28.4 Å². The van der Waals surface area contributed by atoms with E-state index in [4.69, 9.17) is 0 Å². The van der Waals surface area contributed by atoms with Crippen LogP contribution in [0.25, 0.3) is 11.0 Å². The molecular formula is C19H17F3N4O2. The second kappa shape index (κ2) is 7.34. The van der Waals surface area contributed by atoms with Crippen molar-refractivity contribution in [3.8, 4) is 0 Å². The minimum Gasteiger partial charge on any atom is -0.342 e. The zero-order chi connectivity index (χ0) is 20.5. The number of aromatic amines is 1. The number of hydrogen-bond donors (Lipinski definition) is 2. The van der Waals surface area contributed by atoms with Gasteiger partial charge in [0.15, 0.2) is 0 Å². The number of nitrogens with one attached hydrogen (secondary N) is 2. The molecule has 0 spiro atoms. The molecule has 3 rings (SSSR count). The lowest BCUT2D eigenvalue weighted by Crippen LogP contribution is -2.22. The van der Waals surface area contributed by atoms with E-state index in [-0.39, 0.29) is 17.4 Å². The predicted octanol–water partition coefficient (Wildman–Crippen LogP) is 3.81. The van der Waals surface area contributed by atoms with Crippen LogP contribution in [0.3, 0.4) is 0 Å². The highest BCUT2D eigenvalue weighted by atomic mass is 19.4. The van der Waals surface area contributed by atoms with Gasteiger partial charge in [-0.3, -0.25) is 14.9 Å². The summed E-state index contributed by atoms with van der Waals surface area (Å²) in [7, 11) is 1.68. The van der Waals surface area contributed by atoms with E-state index in [1.54, 1.807) is 24.1 Å². The van der Waals surface area contributed by atoms with Gasteiger partial charge in [0.25, 0.3) is 5.91 Å². The molecule has 0 aliphatic carbocycles. The van der Waals surface area contributed by atoms with Crippen LogP contribution in [0.15, 0.2) is 42.5 Å². The fourth-order valence-electron chi connectivity index (χ4n) is 2.61. The van der Waals surface area contributed by atoms with Crippen LogP contribution >= 0.6 is 0 Å². The number of amides is 2. The standard InChI is InChI=1S/C19H17F3N4O2/c1-11(27)26(2)10-12-6-7-15-16(8-12)24-18(23-15)25-17(28)13-4-3-5-14(9-13)19(20,21)22/h3-9H,10H2,1-2H3,(H2,23,24,25,28). The number of alkyl halides is 3. The van der Waals surface area contributed by atoms with E-state index in [9.17, 15) is 22.8 Å². The Morgan fingerprint density at radius 3 is 2.61 bits per heavy atom. The summed E-state index contributed by atoms with van der Waals surface area (Å²) < 4.78 is 38.4.